The van der Waals surface area contributed by atoms with E-state index in [0.717, 1.165) is 23.9 Å². The van der Waals surface area contributed by atoms with Gasteiger partial charge in [-0.3, -0.25) is 4.98 Å². The van der Waals surface area contributed by atoms with Crippen LogP contribution in [0.25, 0.3) is 27.6 Å². The minimum Gasteiger partial charge on any atom is -0.474 e. The van der Waals surface area contributed by atoms with Crippen molar-refractivity contribution in [2.75, 3.05) is 26.5 Å². The maximum absolute atomic E-state index is 12.9. The Morgan fingerprint density at radius 2 is 1.97 bits per heavy atom. The second kappa shape index (κ2) is 9.63. The Bertz CT molecular complexity index is 1380. The number of fused-ring (bicyclic) bond motifs is 3. The minimum atomic E-state index is -3.59. The molecule has 0 atom stereocenters. The summed E-state index contributed by atoms with van der Waals surface area (Å²) in [4.78, 5) is 9.32. The van der Waals surface area contributed by atoms with Gasteiger partial charge in [0.2, 0.25) is 5.88 Å². The molecule has 0 saturated carbocycles. The highest BCUT2D eigenvalue weighted by Gasteiger charge is 2.27. The predicted molar refractivity (Wildman–Crippen MR) is 136 cm³/mol. The fourth-order valence-electron chi connectivity index (χ4n) is 4.72. The molecule has 3 aromatic rings. The number of sulfone groups is 1. The lowest BCUT2D eigenvalue weighted by Crippen LogP contribution is -2.26. The van der Waals surface area contributed by atoms with Crippen molar-refractivity contribution in [2.45, 2.75) is 51.2 Å². The standard InChI is InChI=1S/C24H34N6O4S/c1-14(2)34-24-20-21-18(10-17(11-27-21)22(15(3)25)29(4)26)30(13-16-6-8-33-9-7-16)23(20)19(12-28-24)35(5,31)32/h10-12,14,16H,6-9,13,25-26H2,1-5H3/b22-15-. The average molecular weight is 503 g/mol. The maximum Gasteiger partial charge on any atom is 0.225 e. The molecule has 35 heavy (non-hydrogen) atoms. The van der Waals surface area contributed by atoms with Crippen molar-refractivity contribution < 1.29 is 17.9 Å². The van der Waals surface area contributed by atoms with Gasteiger partial charge in [-0.1, -0.05) is 0 Å². The summed E-state index contributed by atoms with van der Waals surface area (Å²) in [7, 11) is -1.87. The van der Waals surface area contributed by atoms with Crippen LogP contribution in [-0.2, 0) is 21.1 Å². The second-order valence-electron chi connectivity index (χ2n) is 9.49. The summed E-state index contributed by atoms with van der Waals surface area (Å²) >= 11 is 0. The van der Waals surface area contributed by atoms with Crippen molar-refractivity contribution in [3.8, 4) is 5.88 Å². The molecule has 11 heteroatoms. The lowest BCUT2D eigenvalue weighted by atomic mass is 10.0. The van der Waals surface area contributed by atoms with Gasteiger partial charge in [0, 0.05) is 50.5 Å². The quantitative estimate of drug-likeness (QED) is 0.369. The van der Waals surface area contributed by atoms with Gasteiger partial charge >= 0.3 is 0 Å². The highest BCUT2D eigenvalue weighted by molar-refractivity contribution is 7.91. The van der Waals surface area contributed by atoms with Crippen LogP contribution < -0.4 is 16.3 Å². The van der Waals surface area contributed by atoms with Crippen molar-refractivity contribution in [3.05, 3.63) is 29.7 Å². The predicted octanol–water partition coefficient (Wildman–Crippen LogP) is 2.65. The number of hydrogen-bond acceptors (Lipinski definition) is 9. The van der Waals surface area contributed by atoms with Crippen molar-refractivity contribution in [2.24, 2.45) is 17.5 Å². The zero-order valence-electron chi connectivity index (χ0n) is 20.9. The Hall–Kier alpha value is -2.89. The largest absolute Gasteiger partial charge is 0.474 e. The number of ether oxygens (including phenoxy) is 2. The molecule has 4 rings (SSSR count). The molecule has 1 saturated heterocycles. The smallest absolute Gasteiger partial charge is 0.225 e. The number of nitrogens with zero attached hydrogens (tertiary/aromatic N) is 4. The lowest BCUT2D eigenvalue weighted by molar-refractivity contribution is 0.0619. The number of pyridine rings is 2. The van der Waals surface area contributed by atoms with E-state index in [-0.39, 0.29) is 11.0 Å². The van der Waals surface area contributed by atoms with Gasteiger partial charge in [-0.25, -0.2) is 19.2 Å². The Balaban J connectivity index is 2.11. The normalized spacial score (nSPS) is 16.2. The van der Waals surface area contributed by atoms with Crippen molar-refractivity contribution in [3.63, 3.8) is 0 Å². The molecule has 0 bridgehead atoms. The van der Waals surface area contributed by atoms with Crippen LogP contribution in [0.15, 0.2) is 29.1 Å². The van der Waals surface area contributed by atoms with E-state index in [9.17, 15) is 8.42 Å². The van der Waals surface area contributed by atoms with Crippen LogP contribution in [0, 0.1) is 5.92 Å². The van der Waals surface area contributed by atoms with E-state index >= 15 is 0 Å². The first-order valence-electron chi connectivity index (χ1n) is 11.7. The van der Waals surface area contributed by atoms with Gasteiger partial charge in [0.25, 0.3) is 0 Å². The molecule has 0 radical (unpaired) electrons. The molecular formula is C24H34N6O4S. The molecule has 10 nitrogen and oxygen atoms in total. The monoisotopic (exact) mass is 502 g/mol. The fourth-order valence-corrected chi connectivity index (χ4v) is 5.53. The number of nitrogens with two attached hydrogens (primary N) is 2. The Kier molecular flexibility index (Phi) is 6.94. The Labute approximate surface area is 205 Å². The average Bonchev–Trinajstić information content (AvgIpc) is 3.07. The molecular weight excluding hydrogens is 468 g/mol. The number of rotatable bonds is 7. The summed E-state index contributed by atoms with van der Waals surface area (Å²) in [5.41, 5.74) is 10.0. The summed E-state index contributed by atoms with van der Waals surface area (Å²) in [6.45, 7) is 7.57. The van der Waals surface area contributed by atoms with E-state index in [1.54, 1.807) is 20.2 Å². The van der Waals surface area contributed by atoms with Gasteiger partial charge < -0.3 is 24.8 Å². The van der Waals surface area contributed by atoms with E-state index in [0.29, 0.717) is 59.4 Å². The van der Waals surface area contributed by atoms with Crippen LogP contribution in [0.4, 0.5) is 0 Å². The van der Waals surface area contributed by atoms with Crippen LogP contribution in [0.5, 0.6) is 5.88 Å². The Morgan fingerprint density at radius 1 is 1.29 bits per heavy atom. The van der Waals surface area contributed by atoms with Crippen molar-refractivity contribution >= 4 is 37.5 Å². The van der Waals surface area contributed by atoms with E-state index in [1.807, 2.05) is 24.5 Å². The van der Waals surface area contributed by atoms with Crippen LogP contribution >= 0.6 is 0 Å². The van der Waals surface area contributed by atoms with Crippen molar-refractivity contribution in [1.82, 2.24) is 19.5 Å². The molecule has 3 aromatic heterocycles. The summed E-state index contributed by atoms with van der Waals surface area (Å²) in [6, 6.07) is 1.96. The first kappa shape index (κ1) is 25.2. The fraction of sp³-hybridized carbons (Fsp3) is 0.500. The topological polar surface area (TPSA) is 139 Å². The molecule has 1 fully saturated rings. The van der Waals surface area contributed by atoms with Crippen LogP contribution in [0.3, 0.4) is 0 Å². The van der Waals surface area contributed by atoms with Crippen LogP contribution in [-0.4, -0.2) is 60.6 Å². The molecule has 0 spiro atoms. The molecule has 1 aliphatic rings. The summed E-state index contributed by atoms with van der Waals surface area (Å²) in [6.07, 6.45) is 5.91. The summed E-state index contributed by atoms with van der Waals surface area (Å²) < 4.78 is 39.4. The number of allylic oxidation sites excluding steroid dienone is 1. The van der Waals surface area contributed by atoms with Gasteiger partial charge in [0.1, 0.15) is 10.4 Å². The molecule has 0 aromatic carbocycles. The van der Waals surface area contributed by atoms with E-state index in [4.69, 9.17) is 26.0 Å². The lowest BCUT2D eigenvalue weighted by Gasteiger charge is -2.24. The van der Waals surface area contributed by atoms with Gasteiger partial charge in [0.15, 0.2) is 9.84 Å². The highest BCUT2D eigenvalue weighted by Crippen LogP contribution is 2.39. The SMILES string of the molecule is C/C(N)=C(\c1cnc2c3c(OC(C)C)ncc(S(C)(=O)=O)c3n(CC3CCOCC3)c2c1)N(C)N. The third-order valence-corrected chi connectivity index (χ3v) is 7.27. The van der Waals surface area contributed by atoms with E-state index in [2.05, 4.69) is 4.98 Å². The highest BCUT2D eigenvalue weighted by atomic mass is 32.2. The van der Waals surface area contributed by atoms with Gasteiger partial charge in [0.05, 0.1) is 34.4 Å². The summed E-state index contributed by atoms with van der Waals surface area (Å²) in [5.74, 6) is 6.76. The molecule has 0 aliphatic carbocycles. The molecule has 0 amide bonds. The zero-order valence-corrected chi connectivity index (χ0v) is 21.7. The van der Waals surface area contributed by atoms with Gasteiger partial charge in [-0.2, -0.15) is 0 Å². The molecule has 0 unspecified atom stereocenters. The molecule has 4 N–H and O–H groups in total. The molecule has 1 aliphatic heterocycles. The molecule has 4 heterocycles. The third-order valence-electron chi connectivity index (χ3n) is 6.18. The van der Waals surface area contributed by atoms with E-state index in [1.165, 1.54) is 17.5 Å². The second-order valence-corrected chi connectivity index (χ2v) is 11.5. The van der Waals surface area contributed by atoms with Crippen LogP contribution in [0.1, 0.15) is 39.2 Å². The summed E-state index contributed by atoms with van der Waals surface area (Å²) in [5, 5.41) is 2.05. The first-order valence-corrected chi connectivity index (χ1v) is 13.6. The zero-order chi connectivity index (χ0) is 25.5. The minimum absolute atomic E-state index is 0.150. The van der Waals surface area contributed by atoms with Gasteiger partial charge in [-0.05, 0) is 45.6 Å². The number of hydrazine groups is 1. The van der Waals surface area contributed by atoms with E-state index < -0.39 is 9.84 Å². The number of aromatic nitrogens is 3. The maximum atomic E-state index is 12.9. The number of hydrogen-bond donors (Lipinski definition) is 2. The van der Waals surface area contributed by atoms with Crippen molar-refractivity contribution in [1.29, 1.82) is 0 Å². The Morgan fingerprint density at radius 3 is 2.54 bits per heavy atom. The van der Waals surface area contributed by atoms with Crippen LogP contribution in [0.2, 0.25) is 0 Å². The third kappa shape index (κ3) is 4.93. The van der Waals surface area contributed by atoms with Gasteiger partial charge in [-0.15, -0.1) is 0 Å². The first-order chi connectivity index (χ1) is 16.5. The molecule has 190 valence electrons.